The zero-order valence-electron chi connectivity index (χ0n) is 13.9. The fourth-order valence-corrected chi connectivity index (χ4v) is 2.77. The molecule has 1 aliphatic heterocycles. The van der Waals surface area contributed by atoms with E-state index >= 15 is 0 Å². The lowest BCUT2D eigenvalue weighted by Gasteiger charge is -2.13. The minimum atomic E-state index is -4.41. The third-order valence-corrected chi connectivity index (χ3v) is 4.15. The highest BCUT2D eigenvalue weighted by molar-refractivity contribution is 5.73. The van der Waals surface area contributed by atoms with E-state index in [4.69, 9.17) is 5.26 Å². The van der Waals surface area contributed by atoms with Crippen LogP contribution in [0.25, 0.3) is 12.2 Å². The largest absolute Gasteiger partial charge is 0.416 e. The SMILES string of the molecule is N#Cc1ccc(C2NNNC2C#N)cc1/C=C/c1cccc(C(F)(F)F)c1. The molecule has 1 heterocycles. The molecule has 0 saturated carbocycles. The van der Waals surface area contributed by atoms with Gasteiger partial charge in [0.1, 0.15) is 6.04 Å². The summed E-state index contributed by atoms with van der Waals surface area (Å²) in [4.78, 5) is 0. The van der Waals surface area contributed by atoms with Crippen LogP contribution in [0.2, 0.25) is 0 Å². The van der Waals surface area contributed by atoms with Gasteiger partial charge in [-0.15, -0.1) is 0 Å². The first-order valence-corrected chi connectivity index (χ1v) is 7.97. The van der Waals surface area contributed by atoms with Gasteiger partial charge in [0, 0.05) is 0 Å². The number of nitrogens with zero attached hydrogens (tertiary/aromatic N) is 2. The van der Waals surface area contributed by atoms with Crippen LogP contribution in [0.3, 0.4) is 0 Å². The molecule has 2 atom stereocenters. The van der Waals surface area contributed by atoms with Crippen molar-refractivity contribution in [2.45, 2.75) is 18.3 Å². The van der Waals surface area contributed by atoms with Crippen LogP contribution in [-0.4, -0.2) is 6.04 Å². The van der Waals surface area contributed by atoms with Gasteiger partial charge in [-0.25, -0.2) is 10.9 Å². The summed E-state index contributed by atoms with van der Waals surface area (Å²) in [6.45, 7) is 0. The van der Waals surface area contributed by atoms with E-state index in [0.29, 0.717) is 16.7 Å². The molecule has 0 radical (unpaired) electrons. The number of hydrogen-bond acceptors (Lipinski definition) is 5. The van der Waals surface area contributed by atoms with Crippen LogP contribution in [0.4, 0.5) is 13.2 Å². The molecule has 2 unspecified atom stereocenters. The van der Waals surface area contributed by atoms with Gasteiger partial charge in [-0.1, -0.05) is 30.4 Å². The zero-order chi connectivity index (χ0) is 19.4. The summed E-state index contributed by atoms with van der Waals surface area (Å²) in [5.74, 6) is 0. The second-order valence-electron chi connectivity index (χ2n) is 5.91. The Bertz CT molecular complexity index is 953. The highest BCUT2D eigenvalue weighted by Gasteiger charge is 2.30. The van der Waals surface area contributed by atoms with E-state index in [2.05, 4.69) is 28.5 Å². The normalized spacial score (nSPS) is 19.7. The third kappa shape index (κ3) is 4.15. The number of nitriles is 2. The molecule has 27 heavy (non-hydrogen) atoms. The third-order valence-electron chi connectivity index (χ3n) is 4.15. The Morgan fingerprint density at radius 3 is 2.52 bits per heavy atom. The minimum absolute atomic E-state index is 0.330. The van der Waals surface area contributed by atoms with Crippen LogP contribution < -0.4 is 16.4 Å². The maximum atomic E-state index is 12.8. The summed E-state index contributed by atoms with van der Waals surface area (Å²) in [7, 11) is 0. The first kappa shape index (κ1) is 18.6. The van der Waals surface area contributed by atoms with E-state index < -0.39 is 17.8 Å². The Morgan fingerprint density at radius 1 is 1.00 bits per heavy atom. The van der Waals surface area contributed by atoms with E-state index in [1.54, 1.807) is 30.3 Å². The summed E-state index contributed by atoms with van der Waals surface area (Å²) in [6, 6.07) is 13.4. The Kier molecular flexibility index (Phi) is 5.24. The molecule has 0 bridgehead atoms. The highest BCUT2D eigenvalue weighted by atomic mass is 19.4. The van der Waals surface area contributed by atoms with Gasteiger partial charge >= 0.3 is 6.18 Å². The predicted octanol–water partition coefficient (Wildman–Crippen LogP) is 3.29. The van der Waals surface area contributed by atoms with Gasteiger partial charge in [0.2, 0.25) is 0 Å². The fraction of sp³-hybridized carbons (Fsp3) is 0.158. The van der Waals surface area contributed by atoms with E-state index in [1.807, 2.05) is 0 Å². The summed E-state index contributed by atoms with van der Waals surface area (Å²) >= 11 is 0. The lowest BCUT2D eigenvalue weighted by atomic mass is 9.96. The molecule has 2 aromatic carbocycles. The maximum absolute atomic E-state index is 12.8. The van der Waals surface area contributed by atoms with Crippen LogP contribution in [0.1, 0.15) is 33.9 Å². The molecular weight excluding hydrogens is 355 g/mol. The van der Waals surface area contributed by atoms with Crippen LogP contribution in [0, 0.1) is 22.7 Å². The van der Waals surface area contributed by atoms with E-state index in [-0.39, 0.29) is 6.04 Å². The molecule has 2 aromatic rings. The molecule has 8 heteroatoms. The van der Waals surface area contributed by atoms with Crippen molar-refractivity contribution in [3.8, 4) is 12.1 Å². The molecule has 1 aliphatic rings. The molecule has 0 aliphatic carbocycles. The molecule has 0 spiro atoms. The molecule has 3 rings (SSSR count). The van der Waals surface area contributed by atoms with Gasteiger partial charge in [0.25, 0.3) is 0 Å². The molecule has 3 N–H and O–H groups in total. The maximum Gasteiger partial charge on any atom is 0.416 e. The Balaban J connectivity index is 1.92. The molecule has 136 valence electrons. The van der Waals surface area contributed by atoms with Gasteiger partial charge in [-0.2, -0.15) is 29.2 Å². The van der Waals surface area contributed by atoms with Gasteiger partial charge in [0.05, 0.1) is 29.3 Å². The average molecular weight is 369 g/mol. The van der Waals surface area contributed by atoms with Crippen molar-refractivity contribution in [2.75, 3.05) is 0 Å². The van der Waals surface area contributed by atoms with Crippen LogP contribution in [0.15, 0.2) is 42.5 Å². The van der Waals surface area contributed by atoms with Crippen molar-refractivity contribution >= 4 is 12.2 Å². The topological polar surface area (TPSA) is 83.7 Å². The van der Waals surface area contributed by atoms with E-state index in [1.165, 1.54) is 12.1 Å². The van der Waals surface area contributed by atoms with Crippen molar-refractivity contribution in [3.63, 3.8) is 0 Å². The standard InChI is InChI=1S/C19H14F3N5/c20-19(21,22)16-3-1-2-12(8-16)4-5-13-9-14(6-7-15(13)10-23)18-17(11-24)25-27-26-18/h1-9,17-18,25-27H/b5-4+. The van der Waals surface area contributed by atoms with Gasteiger partial charge in [-0.3, -0.25) is 0 Å². The summed E-state index contributed by atoms with van der Waals surface area (Å²) < 4.78 is 38.5. The lowest BCUT2D eigenvalue weighted by molar-refractivity contribution is -0.137. The smallest absolute Gasteiger partial charge is 0.234 e. The number of rotatable bonds is 3. The number of benzene rings is 2. The molecule has 1 fully saturated rings. The van der Waals surface area contributed by atoms with Crippen molar-refractivity contribution in [2.24, 2.45) is 0 Å². The Hall–Kier alpha value is -3.17. The summed E-state index contributed by atoms with van der Waals surface area (Å²) in [5.41, 5.74) is 9.72. The van der Waals surface area contributed by atoms with Crippen LogP contribution >= 0.6 is 0 Å². The van der Waals surface area contributed by atoms with Gasteiger partial charge in [-0.05, 0) is 41.0 Å². The summed E-state index contributed by atoms with van der Waals surface area (Å²) in [6.07, 6.45) is -1.30. The minimum Gasteiger partial charge on any atom is -0.234 e. The van der Waals surface area contributed by atoms with Crippen LogP contribution in [-0.2, 0) is 6.18 Å². The van der Waals surface area contributed by atoms with Crippen molar-refractivity contribution < 1.29 is 13.2 Å². The Labute approximate surface area is 153 Å². The highest BCUT2D eigenvalue weighted by Crippen LogP contribution is 2.30. The molecule has 0 amide bonds. The monoisotopic (exact) mass is 369 g/mol. The molecule has 0 aromatic heterocycles. The van der Waals surface area contributed by atoms with E-state index in [9.17, 15) is 18.4 Å². The lowest BCUT2D eigenvalue weighted by Crippen LogP contribution is -2.32. The molecule has 1 saturated heterocycles. The Morgan fingerprint density at radius 2 is 1.81 bits per heavy atom. The average Bonchev–Trinajstić information content (AvgIpc) is 3.14. The van der Waals surface area contributed by atoms with Gasteiger partial charge in [0.15, 0.2) is 0 Å². The first-order chi connectivity index (χ1) is 12.9. The number of hydrazine groups is 2. The second kappa shape index (κ2) is 7.60. The van der Waals surface area contributed by atoms with Crippen LogP contribution in [0.5, 0.6) is 0 Å². The number of alkyl halides is 3. The van der Waals surface area contributed by atoms with Crippen molar-refractivity contribution in [1.29, 1.82) is 10.5 Å². The fourth-order valence-electron chi connectivity index (χ4n) is 2.77. The van der Waals surface area contributed by atoms with Gasteiger partial charge < -0.3 is 0 Å². The first-order valence-electron chi connectivity index (χ1n) is 7.97. The van der Waals surface area contributed by atoms with E-state index in [0.717, 1.165) is 17.7 Å². The predicted molar refractivity (Wildman–Crippen MR) is 93.1 cm³/mol. The second-order valence-corrected chi connectivity index (χ2v) is 5.91. The van der Waals surface area contributed by atoms with Crippen molar-refractivity contribution in [1.82, 2.24) is 16.4 Å². The number of halogens is 3. The molecular formula is C19H14F3N5. The van der Waals surface area contributed by atoms with Crippen molar-refractivity contribution in [3.05, 3.63) is 70.3 Å². The quantitative estimate of drug-likeness (QED) is 0.723. The summed E-state index contributed by atoms with van der Waals surface area (Å²) in [5, 5.41) is 18.5. The number of hydrogen-bond donors (Lipinski definition) is 3. The molecule has 5 nitrogen and oxygen atoms in total. The number of nitrogens with one attached hydrogen (secondary N) is 3. The zero-order valence-corrected chi connectivity index (χ0v) is 13.9.